The number of hydrogen-bond donors (Lipinski definition) is 1. The van der Waals surface area contributed by atoms with Gasteiger partial charge in [-0.15, -0.1) is 0 Å². The molecule has 4 heteroatoms. The minimum absolute atomic E-state index is 0.262. The summed E-state index contributed by atoms with van der Waals surface area (Å²) in [5.74, 6) is 0.725. The van der Waals surface area contributed by atoms with Crippen LogP contribution in [0.4, 0.5) is 0 Å². The molecule has 110 valence electrons. The Morgan fingerprint density at radius 1 is 1.40 bits per heavy atom. The van der Waals surface area contributed by atoms with E-state index in [0.717, 1.165) is 35.0 Å². The van der Waals surface area contributed by atoms with Gasteiger partial charge < -0.3 is 9.84 Å². The Labute approximate surface area is 129 Å². The summed E-state index contributed by atoms with van der Waals surface area (Å²) in [6.07, 6.45) is 2.18. The quantitative estimate of drug-likeness (QED) is 0.738. The van der Waals surface area contributed by atoms with E-state index in [1.165, 1.54) is 0 Å². The number of ether oxygens (including phenoxy) is 1. The molecule has 3 nitrogen and oxygen atoms in total. The van der Waals surface area contributed by atoms with E-state index in [1.54, 1.807) is 6.92 Å². The Kier molecular flexibility index (Phi) is 6.51. The predicted molar refractivity (Wildman–Crippen MR) is 83.5 cm³/mol. The predicted octanol–water partition coefficient (Wildman–Crippen LogP) is 4.60. The van der Waals surface area contributed by atoms with E-state index >= 15 is 0 Å². The van der Waals surface area contributed by atoms with Crippen LogP contribution in [0.3, 0.4) is 0 Å². The first kappa shape index (κ1) is 17.0. The molecule has 0 bridgehead atoms. The van der Waals surface area contributed by atoms with Crippen molar-refractivity contribution in [3.63, 3.8) is 0 Å². The Bertz CT molecular complexity index is 478. The molecule has 1 N–H and O–H groups in total. The molecule has 0 heterocycles. The summed E-state index contributed by atoms with van der Waals surface area (Å²) < 4.78 is 6.67. The standard InChI is InChI=1S/C16H22BrNO2/c1-12(19)14-10-13(17)6-7-15(14)20-9-5-4-8-16(2,3)11-18/h6-7,10,12,19H,4-5,8-9H2,1-3H3. The highest BCUT2D eigenvalue weighted by Gasteiger charge is 2.15. The molecular weight excluding hydrogens is 318 g/mol. The lowest BCUT2D eigenvalue weighted by atomic mass is 9.89. The largest absolute Gasteiger partial charge is 0.493 e. The molecule has 0 aliphatic rings. The van der Waals surface area contributed by atoms with E-state index in [4.69, 9.17) is 10.00 Å². The van der Waals surface area contributed by atoms with E-state index in [-0.39, 0.29) is 5.41 Å². The Balaban J connectivity index is 2.45. The van der Waals surface area contributed by atoms with Gasteiger partial charge in [-0.2, -0.15) is 5.26 Å². The monoisotopic (exact) mass is 339 g/mol. The molecule has 0 aromatic heterocycles. The first-order valence-electron chi connectivity index (χ1n) is 6.87. The Hall–Kier alpha value is -1.05. The fraction of sp³-hybridized carbons (Fsp3) is 0.562. The van der Waals surface area contributed by atoms with Crippen LogP contribution in [0.1, 0.15) is 51.7 Å². The van der Waals surface area contributed by atoms with Crippen LogP contribution in [-0.2, 0) is 0 Å². The number of aliphatic hydroxyl groups excluding tert-OH is 1. The van der Waals surface area contributed by atoms with Crippen molar-refractivity contribution in [2.45, 2.75) is 46.1 Å². The normalized spacial score (nSPS) is 12.8. The van der Waals surface area contributed by atoms with Gasteiger partial charge in [-0.25, -0.2) is 0 Å². The number of aliphatic hydroxyl groups is 1. The van der Waals surface area contributed by atoms with Gasteiger partial charge in [0.1, 0.15) is 5.75 Å². The van der Waals surface area contributed by atoms with Crippen molar-refractivity contribution < 1.29 is 9.84 Å². The van der Waals surface area contributed by atoms with Gasteiger partial charge in [-0.3, -0.25) is 0 Å². The number of unbranched alkanes of at least 4 members (excludes halogenated alkanes) is 1. The van der Waals surface area contributed by atoms with Gasteiger partial charge in [0.05, 0.1) is 24.2 Å². The maximum atomic E-state index is 9.73. The topological polar surface area (TPSA) is 53.2 Å². The molecule has 0 aliphatic heterocycles. The lowest BCUT2D eigenvalue weighted by Gasteiger charge is -2.16. The second-order valence-corrected chi connectivity index (χ2v) is 6.58. The zero-order chi connectivity index (χ0) is 15.2. The number of rotatable bonds is 7. The van der Waals surface area contributed by atoms with E-state index in [2.05, 4.69) is 22.0 Å². The lowest BCUT2D eigenvalue weighted by molar-refractivity contribution is 0.190. The highest BCUT2D eigenvalue weighted by Crippen LogP contribution is 2.29. The summed E-state index contributed by atoms with van der Waals surface area (Å²) in [4.78, 5) is 0. The number of halogens is 1. The van der Waals surface area contributed by atoms with E-state index in [1.807, 2.05) is 32.0 Å². The Morgan fingerprint density at radius 2 is 2.10 bits per heavy atom. The molecule has 1 aromatic rings. The maximum Gasteiger partial charge on any atom is 0.125 e. The first-order valence-corrected chi connectivity index (χ1v) is 7.66. The number of benzene rings is 1. The van der Waals surface area contributed by atoms with Crippen LogP contribution < -0.4 is 4.74 Å². The summed E-state index contributed by atoms with van der Waals surface area (Å²) in [6.45, 7) is 6.23. The molecule has 1 atom stereocenters. The lowest BCUT2D eigenvalue weighted by Crippen LogP contribution is -2.08. The van der Waals surface area contributed by atoms with Crippen LogP contribution >= 0.6 is 15.9 Å². The Morgan fingerprint density at radius 3 is 2.70 bits per heavy atom. The van der Waals surface area contributed by atoms with E-state index in [0.29, 0.717) is 6.61 Å². The minimum atomic E-state index is -0.556. The number of nitriles is 1. The van der Waals surface area contributed by atoms with Gasteiger partial charge in [0.2, 0.25) is 0 Å². The SMILES string of the molecule is CC(O)c1cc(Br)ccc1OCCCCC(C)(C)C#N. The summed E-state index contributed by atoms with van der Waals surface area (Å²) in [7, 11) is 0. The molecule has 1 unspecified atom stereocenters. The van der Waals surface area contributed by atoms with Gasteiger partial charge in [-0.1, -0.05) is 15.9 Å². The third-order valence-corrected chi connectivity index (χ3v) is 3.67. The van der Waals surface area contributed by atoms with Crippen LogP contribution in [0.5, 0.6) is 5.75 Å². The fourth-order valence-electron chi connectivity index (χ4n) is 1.88. The van der Waals surface area contributed by atoms with Crippen molar-refractivity contribution >= 4 is 15.9 Å². The third kappa shape index (κ3) is 5.52. The molecule has 20 heavy (non-hydrogen) atoms. The van der Waals surface area contributed by atoms with Gasteiger partial charge in [0.15, 0.2) is 0 Å². The van der Waals surface area contributed by atoms with E-state index < -0.39 is 6.10 Å². The van der Waals surface area contributed by atoms with E-state index in [9.17, 15) is 5.11 Å². The molecule has 0 amide bonds. The van der Waals surface area contributed by atoms with Crippen LogP contribution in [0.15, 0.2) is 22.7 Å². The molecule has 1 aromatic carbocycles. The summed E-state index contributed by atoms with van der Waals surface area (Å²) in [5.41, 5.74) is 0.527. The summed E-state index contributed by atoms with van der Waals surface area (Å²) in [5, 5.41) is 18.7. The van der Waals surface area contributed by atoms with Crippen molar-refractivity contribution in [2.75, 3.05) is 6.61 Å². The van der Waals surface area contributed by atoms with Gasteiger partial charge in [0, 0.05) is 10.0 Å². The third-order valence-electron chi connectivity index (χ3n) is 3.18. The second-order valence-electron chi connectivity index (χ2n) is 5.66. The average Bonchev–Trinajstić information content (AvgIpc) is 2.39. The second kappa shape index (κ2) is 7.66. The fourth-order valence-corrected chi connectivity index (χ4v) is 2.26. The van der Waals surface area contributed by atoms with Crippen LogP contribution in [0.2, 0.25) is 0 Å². The zero-order valence-corrected chi connectivity index (χ0v) is 13.9. The van der Waals surface area contributed by atoms with Crippen LogP contribution in [-0.4, -0.2) is 11.7 Å². The molecule has 0 radical (unpaired) electrons. The highest BCUT2D eigenvalue weighted by atomic mass is 79.9. The van der Waals surface area contributed by atoms with Gasteiger partial charge in [-0.05, 0) is 58.2 Å². The van der Waals surface area contributed by atoms with Crippen molar-refractivity contribution in [1.82, 2.24) is 0 Å². The molecular formula is C16H22BrNO2. The zero-order valence-electron chi connectivity index (χ0n) is 12.3. The molecule has 0 saturated heterocycles. The van der Waals surface area contributed by atoms with Crippen molar-refractivity contribution in [2.24, 2.45) is 5.41 Å². The van der Waals surface area contributed by atoms with Gasteiger partial charge >= 0.3 is 0 Å². The molecule has 1 rings (SSSR count). The van der Waals surface area contributed by atoms with Crippen LogP contribution in [0, 0.1) is 16.7 Å². The van der Waals surface area contributed by atoms with Crippen molar-refractivity contribution in [1.29, 1.82) is 5.26 Å². The average molecular weight is 340 g/mol. The minimum Gasteiger partial charge on any atom is -0.493 e. The first-order chi connectivity index (χ1) is 9.35. The highest BCUT2D eigenvalue weighted by molar-refractivity contribution is 9.10. The van der Waals surface area contributed by atoms with Gasteiger partial charge in [0.25, 0.3) is 0 Å². The molecule has 0 saturated carbocycles. The number of nitrogens with zero attached hydrogens (tertiary/aromatic N) is 1. The van der Waals surface area contributed by atoms with Crippen LogP contribution in [0.25, 0.3) is 0 Å². The summed E-state index contributed by atoms with van der Waals surface area (Å²) in [6, 6.07) is 7.94. The smallest absolute Gasteiger partial charge is 0.125 e. The summed E-state index contributed by atoms with van der Waals surface area (Å²) >= 11 is 3.39. The molecule has 0 spiro atoms. The van der Waals surface area contributed by atoms with Crippen molar-refractivity contribution in [3.8, 4) is 11.8 Å². The maximum absolute atomic E-state index is 9.73. The van der Waals surface area contributed by atoms with Crippen molar-refractivity contribution in [3.05, 3.63) is 28.2 Å². The number of hydrogen-bond acceptors (Lipinski definition) is 3. The molecule has 0 aliphatic carbocycles. The molecule has 0 fully saturated rings.